The number of nitrogens with one attached hydrogen (secondary N) is 2. The molecule has 0 unspecified atom stereocenters. The predicted molar refractivity (Wildman–Crippen MR) is 132 cm³/mol. The number of ether oxygens (including phenoxy) is 1. The highest BCUT2D eigenvalue weighted by molar-refractivity contribution is 7.10. The Balaban J connectivity index is 1.61. The van der Waals surface area contributed by atoms with Crippen molar-refractivity contribution in [3.63, 3.8) is 0 Å². The van der Waals surface area contributed by atoms with Gasteiger partial charge in [0.15, 0.2) is 0 Å². The molecule has 2 amide bonds. The van der Waals surface area contributed by atoms with Crippen molar-refractivity contribution >= 4 is 29.2 Å². The molecule has 0 spiro atoms. The molecule has 5 nitrogen and oxygen atoms in total. The second-order valence-electron chi connectivity index (χ2n) is 9.03. The van der Waals surface area contributed by atoms with Gasteiger partial charge in [-0.05, 0) is 69.0 Å². The number of carbonyl (C=O) groups excluding carboxylic acids is 2. The number of benzene rings is 2. The summed E-state index contributed by atoms with van der Waals surface area (Å²) in [5.41, 5.74) is 3.38. The predicted octanol–water partition coefficient (Wildman–Crippen LogP) is 5.55. The second-order valence-corrected chi connectivity index (χ2v) is 10.0. The van der Waals surface area contributed by atoms with E-state index in [1.807, 2.05) is 75.5 Å². The number of carbonyl (C=O) groups is 2. The van der Waals surface area contributed by atoms with Gasteiger partial charge in [-0.2, -0.15) is 0 Å². The molecule has 33 heavy (non-hydrogen) atoms. The molecule has 0 fully saturated rings. The van der Waals surface area contributed by atoms with Crippen LogP contribution in [-0.4, -0.2) is 17.4 Å². The van der Waals surface area contributed by atoms with Gasteiger partial charge < -0.3 is 15.4 Å². The lowest BCUT2D eigenvalue weighted by Gasteiger charge is -2.38. The zero-order valence-corrected chi connectivity index (χ0v) is 20.1. The third-order valence-corrected chi connectivity index (χ3v) is 6.39. The molecule has 1 aliphatic rings. The van der Waals surface area contributed by atoms with Crippen LogP contribution in [0.4, 0.5) is 0 Å². The van der Waals surface area contributed by atoms with Gasteiger partial charge in [-0.3, -0.25) is 9.59 Å². The Morgan fingerprint density at radius 1 is 1.06 bits per heavy atom. The Hall–Kier alpha value is -3.38. The van der Waals surface area contributed by atoms with Crippen molar-refractivity contribution in [1.82, 2.24) is 10.6 Å². The fourth-order valence-electron chi connectivity index (χ4n) is 3.90. The first-order valence-corrected chi connectivity index (χ1v) is 11.8. The van der Waals surface area contributed by atoms with E-state index in [1.54, 1.807) is 18.2 Å². The maximum atomic E-state index is 13.4. The minimum atomic E-state index is -0.429. The van der Waals surface area contributed by atoms with E-state index < -0.39 is 5.60 Å². The van der Waals surface area contributed by atoms with Crippen molar-refractivity contribution in [3.8, 4) is 5.75 Å². The van der Waals surface area contributed by atoms with Gasteiger partial charge in [-0.15, -0.1) is 11.3 Å². The summed E-state index contributed by atoms with van der Waals surface area (Å²) in [6, 6.07) is 16.9. The number of fused-ring (bicyclic) bond motifs is 1. The number of aryl methyl sites for hydroxylation is 2. The molecule has 2 N–H and O–H groups in total. The molecule has 1 aromatic heterocycles. The number of thiophene rings is 1. The maximum absolute atomic E-state index is 13.4. The zero-order valence-electron chi connectivity index (χ0n) is 19.3. The topological polar surface area (TPSA) is 67.4 Å². The minimum absolute atomic E-state index is 0.209. The van der Waals surface area contributed by atoms with E-state index in [9.17, 15) is 9.59 Å². The fraction of sp³-hybridized carbons (Fsp3) is 0.259. The molecule has 2 aromatic carbocycles. The van der Waals surface area contributed by atoms with Crippen molar-refractivity contribution < 1.29 is 14.3 Å². The number of amides is 2. The third-order valence-electron chi connectivity index (χ3n) is 5.57. The van der Waals surface area contributed by atoms with Gasteiger partial charge in [0.2, 0.25) is 0 Å². The zero-order chi connectivity index (χ0) is 23.6. The van der Waals surface area contributed by atoms with Crippen LogP contribution in [0.3, 0.4) is 0 Å². The molecule has 3 aromatic rings. The lowest BCUT2D eigenvalue weighted by atomic mass is 9.89. The molecule has 0 aliphatic carbocycles. The SMILES string of the molecule is Cc1ccc(C(=O)N/C(=C\c2cccs2)C(=O)N[C@H]2CC(C)(C)Oc3cc(C)ccc32)cc1. The maximum Gasteiger partial charge on any atom is 0.268 e. The number of hydrogen-bond acceptors (Lipinski definition) is 4. The average Bonchev–Trinajstić information content (AvgIpc) is 3.25. The van der Waals surface area contributed by atoms with E-state index in [-0.39, 0.29) is 23.6 Å². The summed E-state index contributed by atoms with van der Waals surface area (Å²) in [5, 5.41) is 7.88. The Morgan fingerprint density at radius 3 is 2.48 bits per heavy atom. The van der Waals surface area contributed by atoms with Crippen LogP contribution in [0.15, 0.2) is 65.7 Å². The quantitative estimate of drug-likeness (QED) is 0.490. The van der Waals surface area contributed by atoms with Gasteiger partial charge in [0.25, 0.3) is 11.8 Å². The van der Waals surface area contributed by atoms with Crippen LogP contribution in [0.25, 0.3) is 6.08 Å². The van der Waals surface area contributed by atoms with Crippen molar-refractivity contribution in [2.45, 2.75) is 45.8 Å². The summed E-state index contributed by atoms with van der Waals surface area (Å²) >= 11 is 1.50. The molecule has 170 valence electrons. The second kappa shape index (κ2) is 9.24. The average molecular weight is 461 g/mol. The van der Waals surface area contributed by atoms with Crippen LogP contribution < -0.4 is 15.4 Å². The van der Waals surface area contributed by atoms with Crippen LogP contribution in [0.1, 0.15) is 58.2 Å². The van der Waals surface area contributed by atoms with Gasteiger partial charge in [-0.25, -0.2) is 0 Å². The first-order valence-electron chi connectivity index (χ1n) is 10.9. The van der Waals surface area contributed by atoms with Gasteiger partial charge in [-0.1, -0.05) is 35.9 Å². The van der Waals surface area contributed by atoms with Gasteiger partial charge in [0, 0.05) is 22.4 Å². The summed E-state index contributed by atoms with van der Waals surface area (Å²) in [4.78, 5) is 27.2. The molecule has 0 bridgehead atoms. The smallest absolute Gasteiger partial charge is 0.268 e. The Morgan fingerprint density at radius 2 is 1.79 bits per heavy atom. The molecular formula is C27H28N2O3S. The number of hydrogen-bond donors (Lipinski definition) is 2. The Bertz CT molecular complexity index is 1190. The summed E-state index contributed by atoms with van der Waals surface area (Å²) in [5.74, 6) is 0.124. The highest BCUT2D eigenvalue weighted by atomic mass is 32.1. The molecule has 1 aliphatic heterocycles. The van der Waals surface area contributed by atoms with E-state index in [0.29, 0.717) is 12.0 Å². The molecule has 0 radical (unpaired) electrons. The summed E-state index contributed by atoms with van der Waals surface area (Å²) in [6.45, 7) is 8.01. The highest BCUT2D eigenvalue weighted by Gasteiger charge is 2.35. The van der Waals surface area contributed by atoms with Crippen LogP contribution in [0, 0.1) is 13.8 Å². The summed E-state index contributed by atoms with van der Waals surface area (Å²) < 4.78 is 6.16. The van der Waals surface area contributed by atoms with Crippen molar-refractivity contribution in [2.75, 3.05) is 0 Å². The Kier molecular flexibility index (Phi) is 6.38. The van der Waals surface area contributed by atoms with E-state index in [1.165, 1.54) is 11.3 Å². The van der Waals surface area contributed by atoms with Crippen LogP contribution in [0.2, 0.25) is 0 Å². The molecule has 4 rings (SSSR count). The van der Waals surface area contributed by atoms with Crippen molar-refractivity contribution in [1.29, 1.82) is 0 Å². The molecular weight excluding hydrogens is 432 g/mol. The molecule has 1 atom stereocenters. The first-order chi connectivity index (χ1) is 15.7. The van der Waals surface area contributed by atoms with Crippen LogP contribution in [0.5, 0.6) is 5.75 Å². The summed E-state index contributed by atoms with van der Waals surface area (Å²) in [6.07, 6.45) is 2.33. The Labute approximate surface area is 198 Å². The molecule has 6 heteroatoms. The minimum Gasteiger partial charge on any atom is -0.487 e. The van der Waals surface area contributed by atoms with E-state index in [0.717, 1.165) is 27.3 Å². The summed E-state index contributed by atoms with van der Waals surface area (Å²) in [7, 11) is 0. The monoisotopic (exact) mass is 460 g/mol. The van der Waals surface area contributed by atoms with Crippen molar-refractivity contribution in [3.05, 3.63) is 92.8 Å². The van der Waals surface area contributed by atoms with Crippen LogP contribution in [-0.2, 0) is 4.79 Å². The standard InChI is InChI=1S/C27H28N2O3S/c1-17-7-10-19(11-8-17)25(30)28-22(15-20-6-5-13-33-20)26(31)29-23-16-27(3,4)32-24-14-18(2)9-12-21(23)24/h5-15,23H,16H2,1-4H3,(H,28,30)(H,29,31)/b22-15-/t23-/m0/s1. The van der Waals surface area contributed by atoms with E-state index >= 15 is 0 Å². The largest absolute Gasteiger partial charge is 0.487 e. The molecule has 2 heterocycles. The lowest BCUT2D eigenvalue weighted by molar-refractivity contribution is -0.119. The van der Waals surface area contributed by atoms with Gasteiger partial charge >= 0.3 is 0 Å². The highest BCUT2D eigenvalue weighted by Crippen LogP contribution is 2.40. The van der Waals surface area contributed by atoms with Crippen molar-refractivity contribution in [2.24, 2.45) is 0 Å². The third kappa shape index (κ3) is 5.52. The molecule has 0 saturated carbocycles. The van der Waals surface area contributed by atoms with Crippen LogP contribution >= 0.6 is 11.3 Å². The van der Waals surface area contributed by atoms with Gasteiger partial charge in [0.1, 0.15) is 17.0 Å². The normalized spacial score (nSPS) is 17.0. The fourth-order valence-corrected chi connectivity index (χ4v) is 4.55. The van der Waals surface area contributed by atoms with E-state index in [4.69, 9.17) is 4.74 Å². The molecule has 0 saturated heterocycles. The van der Waals surface area contributed by atoms with Gasteiger partial charge in [0.05, 0.1) is 6.04 Å². The lowest BCUT2D eigenvalue weighted by Crippen LogP contribution is -2.43. The first kappa shape index (κ1) is 22.8. The van der Waals surface area contributed by atoms with E-state index in [2.05, 4.69) is 10.6 Å². The number of rotatable bonds is 5.